The summed E-state index contributed by atoms with van der Waals surface area (Å²) >= 11 is 0. The monoisotopic (exact) mass is 578 g/mol. The normalized spacial score (nSPS) is 12.0. The van der Waals surface area contributed by atoms with Gasteiger partial charge in [0.1, 0.15) is 36.3 Å². The Morgan fingerprint density at radius 1 is 0.721 bits per heavy atom. The maximum absolute atomic E-state index is 6.24. The van der Waals surface area contributed by atoms with Crippen molar-refractivity contribution in [3.05, 3.63) is 120 Å². The van der Waals surface area contributed by atoms with Gasteiger partial charge in [-0.15, -0.1) is 0 Å². The highest BCUT2D eigenvalue weighted by Gasteiger charge is 2.21. The minimum atomic E-state index is 0.545. The van der Waals surface area contributed by atoms with E-state index in [1.54, 1.807) is 14.2 Å². The molecule has 0 amide bonds. The molecule has 9 nitrogen and oxygen atoms in total. The van der Waals surface area contributed by atoms with Crippen LogP contribution >= 0.6 is 0 Å². The van der Waals surface area contributed by atoms with Crippen molar-refractivity contribution >= 4 is 23.2 Å². The lowest BCUT2D eigenvalue weighted by Crippen LogP contribution is -2.35. The minimum Gasteiger partial charge on any atom is -0.475 e. The molecule has 3 aromatic carbocycles. The van der Waals surface area contributed by atoms with Crippen LogP contribution in [0.3, 0.4) is 0 Å². The van der Waals surface area contributed by atoms with E-state index in [9.17, 15) is 0 Å². The van der Waals surface area contributed by atoms with E-state index in [-0.39, 0.29) is 0 Å². The number of rotatable bonds is 8. The number of aromatic nitrogens is 4. The first-order valence-corrected chi connectivity index (χ1v) is 14.0. The van der Waals surface area contributed by atoms with Gasteiger partial charge in [-0.3, -0.25) is 0 Å². The van der Waals surface area contributed by atoms with Crippen molar-refractivity contribution in [1.29, 1.82) is 0 Å². The Morgan fingerprint density at radius 2 is 1.33 bits per heavy atom. The SMILES string of the molecule is CO/C(=N\c1ccc(Cc2cccc(Oc3ccc(/N=C(\OC)c4n(C)cc[n+]4C)c(C)c3)c2)cc1)c1n(C)cc[n+]1C. The summed E-state index contributed by atoms with van der Waals surface area (Å²) in [5.41, 5.74) is 4.97. The summed E-state index contributed by atoms with van der Waals surface area (Å²) in [6.07, 6.45) is 8.65. The van der Waals surface area contributed by atoms with Gasteiger partial charge < -0.3 is 14.2 Å². The number of hydrogen-bond acceptors (Lipinski definition) is 5. The number of hydrogen-bond donors (Lipinski definition) is 0. The van der Waals surface area contributed by atoms with Crippen molar-refractivity contribution in [2.75, 3.05) is 14.2 Å². The molecule has 0 atom stereocenters. The average Bonchev–Trinajstić information content (AvgIpc) is 3.51. The third-order valence-corrected chi connectivity index (χ3v) is 7.23. The fourth-order valence-electron chi connectivity index (χ4n) is 4.98. The smallest absolute Gasteiger partial charge is 0.344 e. The van der Waals surface area contributed by atoms with Crippen LogP contribution in [0.1, 0.15) is 28.3 Å². The van der Waals surface area contributed by atoms with Crippen LogP contribution in [-0.4, -0.2) is 35.1 Å². The molecule has 9 heteroatoms. The molecular formula is C34H38N6O3+2. The summed E-state index contributed by atoms with van der Waals surface area (Å²) in [6, 6.07) is 22.3. The second kappa shape index (κ2) is 12.8. The van der Waals surface area contributed by atoms with E-state index >= 15 is 0 Å². The molecule has 0 bridgehead atoms. The number of imidazole rings is 2. The largest absolute Gasteiger partial charge is 0.475 e. The van der Waals surface area contributed by atoms with Crippen molar-refractivity contribution in [3.63, 3.8) is 0 Å². The third-order valence-electron chi connectivity index (χ3n) is 7.23. The van der Waals surface area contributed by atoms with E-state index in [4.69, 9.17) is 24.2 Å². The lowest BCUT2D eigenvalue weighted by atomic mass is 10.0. The van der Waals surface area contributed by atoms with E-state index in [1.165, 1.54) is 5.56 Å². The Morgan fingerprint density at radius 3 is 1.88 bits per heavy atom. The Labute approximate surface area is 252 Å². The lowest BCUT2D eigenvalue weighted by Gasteiger charge is -2.10. The van der Waals surface area contributed by atoms with Gasteiger partial charge in [0, 0.05) is 0 Å². The van der Waals surface area contributed by atoms with Crippen molar-refractivity contribution < 1.29 is 23.3 Å². The maximum atomic E-state index is 6.24. The standard InChI is InChI=1S/C34H38N6O3/c1-24-21-29(15-16-30(24)36-32(42-7)34-39(4)19-20-40(34)5)43-28-10-8-9-26(23-28)22-25-11-13-27(14-12-25)35-31(41-6)33-37(2)17-18-38(33)3/h8-21,23H,22H2,1-7H3/q+2/b35-31-,36-32-. The molecule has 0 unspecified atom stereocenters. The molecule has 0 aliphatic rings. The molecule has 0 saturated carbocycles. The van der Waals surface area contributed by atoms with E-state index in [2.05, 4.69) is 24.3 Å². The van der Waals surface area contributed by atoms with Crippen LogP contribution in [-0.2, 0) is 44.1 Å². The van der Waals surface area contributed by atoms with Crippen LogP contribution in [0, 0.1) is 6.92 Å². The highest BCUT2D eigenvalue weighted by molar-refractivity contribution is 5.92. The number of nitrogens with zero attached hydrogens (tertiary/aromatic N) is 6. The Balaban J connectivity index is 1.28. The van der Waals surface area contributed by atoms with Crippen LogP contribution in [0.4, 0.5) is 11.4 Å². The third kappa shape index (κ3) is 6.67. The molecular weight excluding hydrogens is 540 g/mol. The van der Waals surface area contributed by atoms with E-state index in [0.29, 0.717) is 11.8 Å². The number of methoxy groups -OCH3 is 2. The van der Waals surface area contributed by atoms with Gasteiger partial charge in [-0.05, 0) is 72.5 Å². The van der Waals surface area contributed by atoms with Gasteiger partial charge in [-0.2, -0.15) is 0 Å². The van der Waals surface area contributed by atoms with Crippen LogP contribution in [0.15, 0.2) is 102 Å². The van der Waals surface area contributed by atoms with Crippen molar-refractivity contribution in [3.8, 4) is 11.5 Å². The Kier molecular flexibility index (Phi) is 8.71. The quantitative estimate of drug-likeness (QED) is 0.145. The molecule has 220 valence electrons. The summed E-state index contributed by atoms with van der Waals surface area (Å²) < 4.78 is 25.4. The average molecular weight is 579 g/mol. The van der Waals surface area contributed by atoms with Crippen LogP contribution in [0.25, 0.3) is 0 Å². The predicted octanol–water partition coefficient (Wildman–Crippen LogP) is 5.15. The highest BCUT2D eigenvalue weighted by atomic mass is 16.5. The minimum absolute atomic E-state index is 0.545. The number of aryl methyl sites for hydroxylation is 5. The lowest BCUT2D eigenvalue weighted by molar-refractivity contribution is -0.672. The summed E-state index contributed by atoms with van der Waals surface area (Å²) in [5, 5.41) is 0. The van der Waals surface area contributed by atoms with Crippen LogP contribution in [0.2, 0.25) is 0 Å². The second-order valence-electron chi connectivity index (χ2n) is 10.5. The van der Waals surface area contributed by atoms with Gasteiger partial charge in [0.15, 0.2) is 0 Å². The molecule has 5 rings (SSSR count). The van der Waals surface area contributed by atoms with E-state index in [1.807, 2.05) is 121 Å². The topological polar surface area (TPSA) is 70.0 Å². The molecule has 0 spiro atoms. The van der Waals surface area contributed by atoms with Gasteiger partial charge >= 0.3 is 23.4 Å². The zero-order valence-electron chi connectivity index (χ0n) is 25.8. The zero-order chi connectivity index (χ0) is 30.5. The summed E-state index contributed by atoms with van der Waals surface area (Å²) in [6.45, 7) is 2.02. The predicted molar refractivity (Wildman–Crippen MR) is 167 cm³/mol. The van der Waals surface area contributed by atoms with Gasteiger partial charge in [0.25, 0.3) is 0 Å². The molecule has 0 saturated heterocycles. The first kappa shape index (κ1) is 29.3. The molecule has 0 N–H and O–H groups in total. The second-order valence-corrected chi connectivity index (χ2v) is 10.5. The molecule has 0 aliphatic carbocycles. The molecule has 2 aromatic heterocycles. The molecule has 2 heterocycles. The molecule has 5 aromatic rings. The van der Waals surface area contributed by atoms with Crippen LogP contribution < -0.4 is 13.9 Å². The first-order valence-electron chi connectivity index (χ1n) is 14.0. The molecule has 43 heavy (non-hydrogen) atoms. The van der Waals surface area contributed by atoms with Gasteiger partial charge in [0.05, 0.1) is 53.8 Å². The Bertz CT molecular complexity index is 1760. The first-order chi connectivity index (χ1) is 20.7. The van der Waals surface area contributed by atoms with E-state index in [0.717, 1.165) is 52.1 Å². The highest BCUT2D eigenvalue weighted by Crippen LogP contribution is 2.29. The van der Waals surface area contributed by atoms with Gasteiger partial charge in [-0.25, -0.2) is 28.3 Å². The Hall–Kier alpha value is -5.18. The van der Waals surface area contributed by atoms with Crippen molar-refractivity contribution in [1.82, 2.24) is 9.13 Å². The molecule has 0 radical (unpaired) electrons. The van der Waals surface area contributed by atoms with Crippen molar-refractivity contribution in [2.24, 2.45) is 38.2 Å². The van der Waals surface area contributed by atoms with Gasteiger partial charge in [0.2, 0.25) is 0 Å². The fourth-order valence-corrected chi connectivity index (χ4v) is 4.98. The van der Waals surface area contributed by atoms with Crippen LogP contribution in [0.5, 0.6) is 11.5 Å². The summed E-state index contributed by atoms with van der Waals surface area (Å²) in [4.78, 5) is 9.50. The zero-order valence-corrected chi connectivity index (χ0v) is 25.8. The van der Waals surface area contributed by atoms with Gasteiger partial charge in [-0.1, -0.05) is 24.3 Å². The van der Waals surface area contributed by atoms with E-state index < -0.39 is 0 Å². The summed E-state index contributed by atoms with van der Waals surface area (Å²) in [5.74, 6) is 4.41. The number of aliphatic imine (C=N–C) groups is 2. The maximum Gasteiger partial charge on any atom is 0.344 e. The fraction of sp³-hybridized carbons (Fsp3) is 0.235. The van der Waals surface area contributed by atoms with Crippen molar-refractivity contribution in [2.45, 2.75) is 13.3 Å². The summed E-state index contributed by atoms with van der Waals surface area (Å²) in [7, 11) is 11.2. The number of ether oxygens (including phenoxy) is 3. The number of benzene rings is 3. The molecule has 0 fully saturated rings. The molecule has 0 aliphatic heterocycles.